The summed E-state index contributed by atoms with van der Waals surface area (Å²) in [4.78, 5) is 34.4. The van der Waals surface area contributed by atoms with Gasteiger partial charge in [0.2, 0.25) is 11.7 Å². The molecule has 1 unspecified atom stereocenters. The topological polar surface area (TPSA) is 87.3 Å². The minimum atomic E-state index is -0.739. The molecule has 2 amide bonds. The first-order valence-corrected chi connectivity index (χ1v) is 5.93. The molecule has 0 fully saturated rings. The number of likely N-dealkylation sites (N-methyl/N-ethyl adjacent to an activating group) is 1. The Bertz CT molecular complexity index is 316. The van der Waals surface area contributed by atoms with E-state index in [0.29, 0.717) is 13.0 Å². The van der Waals surface area contributed by atoms with E-state index >= 15 is 0 Å². The summed E-state index contributed by atoms with van der Waals surface area (Å²) in [5.41, 5.74) is 0. The molecule has 0 aromatic carbocycles. The quantitative estimate of drug-likeness (QED) is 0.378. The zero-order chi connectivity index (χ0) is 14.0. The first kappa shape index (κ1) is 16.3. The van der Waals surface area contributed by atoms with E-state index in [9.17, 15) is 14.4 Å². The van der Waals surface area contributed by atoms with Crippen molar-refractivity contribution in [2.24, 2.45) is 0 Å². The molecule has 18 heavy (non-hydrogen) atoms. The van der Waals surface area contributed by atoms with Crippen molar-refractivity contribution in [3.05, 3.63) is 12.7 Å². The summed E-state index contributed by atoms with van der Waals surface area (Å²) in [5.74, 6) is -1.64. The number of carbonyl (C=O) groups excluding carboxylic acids is 3. The van der Waals surface area contributed by atoms with Crippen LogP contribution in [-0.2, 0) is 14.4 Å². The molecule has 0 heterocycles. The van der Waals surface area contributed by atoms with Crippen LogP contribution in [0.4, 0.5) is 0 Å². The maximum Gasteiger partial charge on any atom is 0.289 e. The fourth-order valence-electron chi connectivity index (χ4n) is 1.35. The van der Waals surface area contributed by atoms with Gasteiger partial charge < -0.3 is 16.0 Å². The Balaban J connectivity index is 4.11. The van der Waals surface area contributed by atoms with Gasteiger partial charge in [0.15, 0.2) is 0 Å². The Labute approximate surface area is 107 Å². The van der Waals surface area contributed by atoms with Crippen molar-refractivity contribution >= 4 is 17.6 Å². The SMILES string of the molecule is C=CCNC(=O)CNC(=O)C(=O)C(CCC)NC. The second kappa shape index (κ2) is 9.35. The van der Waals surface area contributed by atoms with Crippen molar-refractivity contribution < 1.29 is 14.4 Å². The van der Waals surface area contributed by atoms with E-state index in [1.54, 1.807) is 7.05 Å². The molecule has 3 N–H and O–H groups in total. The number of hydrogen-bond acceptors (Lipinski definition) is 4. The summed E-state index contributed by atoms with van der Waals surface area (Å²) in [6, 6.07) is -0.494. The molecule has 0 spiro atoms. The van der Waals surface area contributed by atoms with Gasteiger partial charge in [0.1, 0.15) is 0 Å². The van der Waals surface area contributed by atoms with Gasteiger partial charge >= 0.3 is 0 Å². The summed E-state index contributed by atoms with van der Waals surface area (Å²) >= 11 is 0. The molecule has 0 aromatic rings. The van der Waals surface area contributed by atoms with Crippen LogP contribution in [0.3, 0.4) is 0 Å². The second-order valence-corrected chi connectivity index (χ2v) is 3.77. The van der Waals surface area contributed by atoms with Gasteiger partial charge in [-0.05, 0) is 13.5 Å². The third-order valence-electron chi connectivity index (χ3n) is 2.32. The third kappa shape index (κ3) is 6.15. The molecule has 102 valence electrons. The van der Waals surface area contributed by atoms with Crippen LogP contribution in [0.1, 0.15) is 19.8 Å². The summed E-state index contributed by atoms with van der Waals surface area (Å²) in [6.45, 7) is 5.50. The normalized spacial score (nSPS) is 11.4. The van der Waals surface area contributed by atoms with E-state index in [0.717, 1.165) is 6.42 Å². The number of Topliss-reactive ketones (excluding diaryl/α,β-unsaturated/α-hetero) is 1. The van der Waals surface area contributed by atoms with Crippen molar-refractivity contribution in [3.8, 4) is 0 Å². The lowest BCUT2D eigenvalue weighted by Gasteiger charge is -2.13. The van der Waals surface area contributed by atoms with Crippen LogP contribution in [0.25, 0.3) is 0 Å². The minimum Gasteiger partial charge on any atom is -0.351 e. The Morgan fingerprint density at radius 1 is 1.28 bits per heavy atom. The van der Waals surface area contributed by atoms with E-state index < -0.39 is 17.7 Å². The van der Waals surface area contributed by atoms with Gasteiger partial charge in [0.25, 0.3) is 5.91 Å². The van der Waals surface area contributed by atoms with Crippen LogP contribution < -0.4 is 16.0 Å². The van der Waals surface area contributed by atoms with Crippen molar-refractivity contribution in [2.75, 3.05) is 20.1 Å². The number of rotatable bonds is 9. The lowest BCUT2D eigenvalue weighted by molar-refractivity contribution is -0.139. The van der Waals surface area contributed by atoms with Gasteiger partial charge in [0.05, 0.1) is 12.6 Å². The molecular weight excluding hydrogens is 234 g/mol. The van der Waals surface area contributed by atoms with E-state index in [1.807, 2.05) is 6.92 Å². The molecule has 0 aliphatic rings. The number of ketones is 1. The molecule has 1 atom stereocenters. The molecule has 0 rings (SSSR count). The van der Waals surface area contributed by atoms with Crippen LogP contribution in [0, 0.1) is 0 Å². The molecule has 6 heteroatoms. The molecule has 0 aliphatic heterocycles. The number of amides is 2. The average molecular weight is 255 g/mol. The van der Waals surface area contributed by atoms with Crippen LogP contribution in [0.2, 0.25) is 0 Å². The maximum atomic E-state index is 11.7. The van der Waals surface area contributed by atoms with Crippen molar-refractivity contribution in [1.82, 2.24) is 16.0 Å². The predicted molar refractivity (Wildman–Crippen MR) is 69.0 cm³/mol. The van der Waals surface area contributed by atoms with Crippen LogP contribution in [0.5, 0.6) is 0 Å². The van der Waals surface area contributed by atoms with Crippen molar-refractivity contribution in [2.45, 2.75) is 25.8 Å². The maximum absolute atomic E-state index is 11.7. The summed E-state index contributed by atoms with van der Waals surface area (Å²) in [5, 5.41) is 7.57. The predicted octanol–water partition coefficient (Wildman–Crippen LogP) is -0.638. The van der Waals surface area contributed by atoms with E-state index in [2.05, 4.69) is 22.5 Å². The zero-order valence-electron chi connectivity index (χ0n) is 10.9. The smallest absolute Gasteiger partial charge is 0.289 e. The summed E-state index contributed by atoms with van der Waals surface area (Å²) < 4.78 is 0. The lowest BCUT2D eigenvalue weighted by atomic mass is 10.1. The van der Waals surface area contributed by atoms with Gasteiger partial charge in [-0.3, -0.25) is 14.4 Å². The Kier molecular flexibility index (Phi) is 8.47. The van der Waals surface area contributed by atoms with Gasteiger partial charge in [-0.2, -0.15) is 0 Å². The van der Waals surface area contributed by atoms with Crippen LogP contribution >= 0.6 is 0 Å². The van der Waals surface area contributed by atoms with Gasteiger partial charge in [-0.25, -0.2) is 0 Å². The largest absolute Gasteiger partial charge is 0.351 e. The number of nitrogens with one attached hydrogen (secondary N) is 3. The molecule has 6 nitrogen and oxygen atoms in total. The molecule has 0 radical (unpaired) electrons. The van der Waals surface area contributed by atoms with Crippen molar-refractivity contribution in [1.29, 1.82) is 0 Å². The molecule has 0 bridgehead atoms. The van der Waals surface area contributed by atoms with Crippen LogP contribution in [0.15, 0.2) is 12.7 Å². The van der Waals surface area contributed by atoms with Crippen LogP contribution in [-0.4, -0.2) is 43.8 Å². The first-order chi connectivity index (χ1) is 8.56. The second-order valence-electron chi connectivity index (χ2n) is 3.77. The van der Waals surface area contributed by atoms with Gasteiger partial charge in [-0.1, -0.05) is 19.4 Å². The minimum absolute atomic E-state index is 0.207. The molecule has 0 saturated carbocycles. The highest BCUT2D eigenvalue weighted by Crippen LogP contribution is 1.97. The Hall–Kier alpha value is -1.69. The molecule has 0 saturated heterocycles. The first-order valence-electron chi connectivity index (χ1n) is 5.93. The van der Waals surface area contributed by atoms with E-state index in [-0.39, 0.29) is 12.5 Å². The molecular formula is C12H21N3O3. The number of hydrogen-bond donors (Lipinski definition) is 3. The highest BCUT2D eigenvalue weighted by molar-refractivity contribution is 6.38. The Morgan fingerprint density at radius 3 is 2.44 bits per heavy atom. The zero-order valence-corrected chi connectivity index (χ0v) is 10.9. The van der Waals surface area contributed by atoms with E-state index in [4.69, 9.17) is 0 Å². The third-order valence-corrected chi connectivity index (χ3v) is 2.32. The monoisotopic (exact) mass is 255 g/mol. The standard InChI is InChI=1S/C12H21N3O3/c1-4-6-9(13-3)11(17)12(18)15-8-10(16)14-7-5-2/h5,9,13H,2,4,6-8H2,1,3H3,(H,14,16)(H,15,18). The van der Waals surface area contributed by atoms with Crippen molar-refractivity contribution in [3.63, 3.8) is 0 Å². The fourth-order valence-corrected chi connectivity index (χ4v) is 1.35. The summed E-state index contributed by atoms with van der Waals surface area (Å²) in [7, 11) is 1.63. The molecule has 0 aromatic heterocycles. The Morgan fingerprint density at radius 2 is 1.94 bits per heavy atom. The van der Waals surface area contributed by atoms with Gasteiger partial charge in [-0.15, -0.1) is 6.58 Å². The average Bonchev–Trinajstić information content (AvgIpc) is 2.38. The highest BCUT2D eigenvalue weighted by Gasteiger charge is 2.23. The lowest BCUT2D eigenvalue weighted by Crippen LogP contribution is -2.46. The van der Waals surface area contributed by atoms with E-state index in [1.165, 1.54) is 6.08 Å². The fraction of sp³-hybridized carbons (Fsp3) is 0.583. The number of carbonyl (C=O) groups is 3. The molecule has 0 aliphatic carbocycles. The highest BCUT2D eigenvalue weighted by atomic mass is 16.2. The summed E-state index contributed by atoms with van der Waals surface area (Å²) in [6.07, 6.45) is 2.92. The van der Waals surface area contributed by atoms with Gasteiger partial charge in [0, 0.05) is 6.54 Å².